The Bertz CT molecular complexity index is 903. The van der Waals surface area contributed by atoms with E-state index in [1.165, 1.54) is 0 Å². The van der Waals surface area contributed by atoms with Crippen molar-refractivity contribution in [1.29, 1.82) is 0 Å². The van der Waals surface area contributed by atoms with Crippen molar-refractivity contribution in [1.82, 2.24) is 4.98 Å². The second kappa shape index (κ2) is 7.53. The molecule has 4 heterocycles. The third kappa shape index (κ3) is 3.73. The van der Waals surface area contributed by atoms with Crippen LogP contribution < -0.4 is 19.7 Å². The summed E-state index contributed by atoms with van der Waals surface area (Å²) in [6.45, 7) is 3.97. The summed E-state index contributed by atoms with van der Waals surface area (Å²) >= 11 is 0. The molecule has 0 saturated carbocycles. The molecule has 29 heavy (non-hydrogen) atoms. The lowest BCUT2D eigenvalue weighted by molar-refractivity contribution is -0.169. The van der Waals surface area contributed by atoms with Gasteiger partial charge in [0, 0.05) is 43.9 Å². The number of hydrogen-bond acceptors (Lipinski definition) is 7. The fourth-order valence-electron chi connectivity index (χ4n) is 3.94. The van der Waals surface area contributed by atoms with Crippen LogP contribution in [0.15, 0.2) is 36.7 Å². The van der Waals surface area contributed by atoms with E-state index in [1.807, 2.05) is 6.07 Å². The molecular formula is C21H23N3O5. The first-order valence-electron chi connectivity index (χ1n) is 9.90. The first kappa shape index (κ1) is 18.2. The molecule has 1 aromatic carbocycles. The summed E-state index contributed by atoms with van der Waals surface area (Å²) in [7, 11) is 0. The molecule has 2 fully saturated rings. The molecule has 1 aromatic heterocycles. The third-order valence-corrected chi connectivity index (χ3v) is 5.49. The monoisotopic (exact) mass is 397 g/mol. The molecule has 0 radical (unpaired) electrons. The maximum absolute atomic E-state index is 12.7. The summed E-state index contributed by atoms with van der Waals surface area (Å²) in [5, 5.41) is 2.91. The van der Waals surface area contributed by atoms with Gasteiger partial charge in [0.2, 0.25) is 0 Å². The summed E-state index contributed by atoms with van der Waals surface area (Å²) < 4.78 is 22.7. The van der Waals surface area contributed by atoms with Crippen molar-refractivity contribution in [2.45, 2.75) is 18.6 Å². The molecule has 152 valence electrons. The second-order valence-electron chi connectivity index (χ2n) is 7.34. The largest absolute Gasteiger partial charge is 0.486 e. The molecule has 8 heteroatoms. The third-order valence-electron chi connectivity index (χ3n) is 5.49. The van der Waals surface area contributed by atoms with Crippen LogP contribution in [0.3, 0.4) is 0 Å². The molecule has 0 bridgehead atoms. The molecule has 5 rings (SSSR count). The lowest BCUT2D eigenvalue weighted by atomic mass is 10.0. The van der Waals surface area contributed by atoms with Gasteiger partial charge in [-0.15, -0.1) is 0 Å². The van der Waals surface area contributed by atoms with Gasteiger partial charge in [0.25, 0.3) is 5.91 Å². The number of amides is 1. The average Bonchev–Trinajstić information content (AvgIpc) is 3.22. The van der Waals surface area contributed by atoms with E-state index < -0.39 is 5.79 Å². The van der Waals surface area contributed by atoms with E-state index in [0.717, 1.165) is 31.6 Å². The molecule has 3 aliphatic heterocycles. The fraction of sp³-hybridized carbons (Fsp3) is 0.429. The Morgan fingerprint density at radius 2 is 1.72 bits per heavy atom. The van der Waals surface area contributed by atoms with Crippen LogP contribution in [0, 0.1) is 0 Å². The Balaban J connectivity index is 1.26. The van der Waals surface area contributed by atoms with Crippen molar-refractivity contribution < 1.29 is 23.7 Å². The predicted octanol–water partition coefficient (Wildman–Crippen LogP) is 2.45. The minimum Gasteiger partial charge on any atom is -0.486 e. The maximum Gasteiger partial charge on any atom is 0.257 e. The van der Waals surface area contributed by atoms with Crippen molar-refractivity contribution in [3.8, 4) is 11.5 Å². The van der Waals surface area contributed by atoms with Gasteiger partial charge in [-0.25, -0.2) is 0 Å². The van der Waals surface area contributed by atoms with E-state index in [4.69, 9.17) is 18.9 Å². The Kier molecular flexibility index (Phi) is 4.73. The number of rotatable bonds is 3. The Labute approximate surface area is 168 Å². The molecule has 1 amide bonds. The molecule has 3 aliphatic rings. The number of fused-ring (bicyclic) bond motifs is 1. The van der Waals surface area contributed by atoms with Crippen LogP contribution in [0.4, 0.5) is 11.4 Å². The summed E-state index contributed by atoms with van der Waals surface area (Å²) in [4.78, 5) is 19.2. The summed E-state index contributed by atoms with van der Waals surface area (Å²) in [5.41, 5.74) is 2.08. The van der Waals surface area contributed by atoms with Gasteiger partial charge in [-0.1, -0.05) is 0 Å². The average molecular weight is 397 g/mol. The molecule has 0 atom stereocenters. The zero-order chi connectivity index (χ0) is 19.7. The number of nitrogens with zero attached hydrogens (tertiary/aromatic N) is 2. The Morgan fingerprint density at radius 1 is 0.966 bits per heavy atom. The van der Waals surface area contributed by atoms with Gasteiger partial charge in [-0.3, -0.25) is 9.78 Å². The fourth-order valence-corrected chi connectivity index (χ4v) is 3.94. The van der Waals surface area contributed by atoms with Gasteiger partial charge in [-0.2, -0.15) is 0 Å². The summed E-state index contributed by atoms with van der Waals surface area (Å²) in [6.07, 6.45) is 4.97. The zero-order valence-corrected chi connectivity index (χ0v) is 16.1. The van der Waals surface area contributed by atoms with Gasteiger partial charge in [0.1, 0.15) is 13.2 Å². The normalized spacial score (nSPS) is 19.9. The standard InChI is InChI=1S/C21H23N3O5/c25-20(23-16-1-2-18-19(12-16)27-8-7-26-18)15-11-17(14-22-13-15)24-5-3-21(4-6-24)28-9-10-29-21/h1-2,11-14H,3-10H2,(H,23,25). The van der Waals surface area contributed by atoms with Gasteiger partial charge < -0.3 is 29.2 Å². The summed E-state index contributed by atoms with van der Waals surface area (Å²) in [6, 6.07) is 7.24. The van der Waals surface area contributed by atoms with E-state index in [1.54, 1.807) is 30.6 Å². The SMILES string of the molecule is O=C(Nc1ccc2c(c1)OCCO2)c1cncc(N2CCC3(CC2)OCCO3)c1. The van der Waals surface area contributed by atoms with Gasteiger partial charge >= 0.3 is 0 Å². The van der Waals surface area contributed by atoms with Gasteiger partial charge in [0.15, 0.2) is 17.3 Å². The highest BCUT2D eigenvalue weighted by Gasteiger charge is 2.39. The smallest absolute Gasteiger partial charge is 0.257 e. The number of ether oxygens (including phenoxy) is 4. The van der Waals surface area contributed by atoms with Gasteiger partial charge in [0.05, 0.1) is 30.7 Å². The molecule has 1 spiro atoms. The number of benzene rings is 1. The van der Waals surface area contributed by atoms with Crippen LogP contribution in [0.2, 0.25) is 0 Å². The Morgan fingerprint density at radius 3 is 2.52 bits per heavy atom. The lowest BCUT2D eigenvalue weighted by Gasteiger charge is -2.38. The van der Waals surface area contributed by atoms with Crippen LogP contribution in [-0.4, -0.2) is 56.2 Å². The second-order valence-corrected chi connectivity index (χ2v) is 7.34. The molecule has 2 aromatic rings. The van der Waals surface area contributed by atoms with Crippen LogP contribution in [-0.2, 0) is 9.47 Å². The quantitative estimate of drug-likeness (QED) is 0.852. The number of carbonyl (C=O) groups is 1. The molecule has 1 N–H and O–H groups in total. The van der Waals surface area contributed by atoms with E-state index in [0.29, 0.717) is 49.2 Å². The number of piperidine rings is 1. The molecule has 0 aliphatic carbocycles. The number of pyridine rings is 1. The van der Waals surface area contributed by atoms with Crippen LogP contribution in [0.1, 0.15) is 23.2 Å². The van der Waals surface area contributed by atoms with E-state index in [2.05, 4.69) is 15.2 Å². The Hall–Kier alpha value is -2.84. The first-order valence-corrected chi connectivity index (χ1v) is 9.90. The highest BCUT2D eigenvalue weighted by Crippen LogP contribution is 2.34. The zero-order valence-electron chi connectivity index (χ0n) is 16.1. The van der Waals surface area contributed by atoms with Gasteiger partial charge in [-0.05, 0) is 18.2 Å². The highest BCUT2D eigenvalue weighted by atomic mass is 16.7. The van der Waals surface area contributed by atoms with E-state index in [9.17, 15) is 4.79 Å². The van der Waals surface area contributed by atoms with Crippen molar-refractivity contribution in [2.24, 2.45) is 0 Å². The van der Waals surface area contributed by atoms with Crippen molar-refractivity contribution in [3.05, 3.63) is 42.2 Å². The van der Waals surface area contributed by atoms with Crippen LogP contribution in [0.5, 0.6) is 11.5 Å². The number of carbonyl (C=O) groups excluding carboxylic acids is 1. The molecular weight excluding hydrogens is 374 g/mol. The van der Waals surface area contributed by atoms with Crippen LogP contribution in [0.25, 0.3) is 0 Å². The minimum absolute atomic E-state index is 0.216. The maximum atomic E-state index is 12.7. The number of aromatic nitrogens is 1. The highest BCUT2D eigenvalue weighted by molar-refractivity contribution is 6.04. The number of nitrogens with one attached hydrogen (secondary N) is 1. The molecule has 2 saturated heterocycles. The van der Waals surface area contributed by atoms with Crippen molar-refractivity contribution in [2.75, 3.05) is 49.7 Å². The van der Waals surface area contributed by atoms with Crippen LogP contribution >= 0.6 is 0 Å². The number of anilines is 2. The number of hydrogen-bond donors (Lipinski definition) is 1. The van der Waals surface area contributed by atoms with Crippen molar-refractivity contribution in [3.63, 3.8) is 0 Å². The van der Waals surface area contributed by atoms with Crippen molar-refractivity contribution >= 4 is 17.3 Å². The van der Waals surface area contributed by atoms with E-state index >= 15 is 0 Å². The molecule has 0 unspecified atom stereocenters. The molecule has 8 nitrogen and oxygen atoms in total. The minimum atomic E-state index is -0.419. The topological polar surface area (TPSA) is 82.2 Å². The first-order chi connectivity index (χ1) is 14.2. The van der Waals surface area contributed by atoms with E-state index in [-0.39, 0.29) is 5.91 Å². The summed E-state index contributed by atoms with van der Waals surface area (Å²) in [5.74, 6) is 0.694. The predicted molar refractivity (Wildman–Crippen MR) is 106 cm³/mol. The lowest BCUT2D eigenvalue weighted by Crippen LogP contribution is -2.45.